The zero-order valence-electron chi connectivity index (χ0n) is 19.9. The molecule has 1 N–H and O–H groups in total. The fourth-order valence-corrected chi connectivity index (χ4v) is 5.06. The van der Waals surface area contributed by atoms with Crippen LogP contribution in [-0.4, -0.2) is 59.0 Å². The van der Waals surface area contributed by atoms with Crippen molar-refractivity contribution in [3.05, 3.63) is 94.7 Å². The third-order valence-electron chi connectivity index (χ3n) is 6.79. The lowest BCUT2D eigenvalue weighted by Gasteiger charge is -2.44. The first-order valence-corrected chi connectivity index (χ1v) is 12.3. The van der Waals surface area contributed by atoms with Crippen molar-refractivity contribution in [2.75, 3.05) is 19.7 Å². The molecular formula is C27H25ClFN3O5. The molecule has 3 heterocycles. The lowest BCUT2D eigenvalue weighted by atomic mass is 9.96. The van der Waals surface area contributed by atoms with Crippen LogP contribution in [0, 0.1) is 5.82 Å². The number of hydrogen-bond donors (Lipinski definition) is 1. The van der Waals surface area contributed by atoms with Crippen molar-refractivity contribution in [1.29, 1.82) is 0 Å². The van der Waals surface area contributed by atoms with Crippen molar-refractivity contribution < 1.29 is 27.9 Å². The highest BCUT2D eigenvalue weighted by molar-refractivity contribution is 6.30. The standard InChI is InChI=1S/C27H25ClFN3O5/c28-20-4-1-3-19(15-20)25(34)31-12-10-27(11-13-31)32(26(35)18-6-8-21(29)9-7-18)23(17-37-27)24(33)30-16-22-5-2-14-36-22/h1-9,14-15,23H,10-13,16-17H2,(H,30,33)/t23-/m0/s1. The van der Waals surface area contributed by atoms with Gasteiger partial charge in [0, 0.05) is 42.1 Å². The number of piperidine rings is 1. The van der Waals surface area contributed by atoms with Crippen LogP contribution in [0.15, 0.2) is 71.3 Å². The number of nitrogens with zero attached hydrogens (tertiary/aromatic N) is 2. The van der Waals surface area contributed by atoms with Crippen molar-refractivity contribution in [2.45, 2.75) is 31.2 Å². The Morgan fingerprint density at radius 1 is 1.00 bits per heavy atom. The molecule has 0 unspecified atom stereocenters. The summed E-state index contributed by atoms with van der Waals surface area (Å²) in [6, 6.07) is 14.5. The largest absolute Gasteiger partial charge is 0.467 e. The Hall–Kier alpha value is -3.69. The fourth-order valence-electron chi connectivity index (χ4n) is 4.87. The van der Waals surface area contributed by atoms with Gasteiger partial charge in [0.25, 0.3) is 11.8 Å². The second kappa shape index (κ2) is 10.4. The van der Waals surface area contributed by atoms with E-state index >= 15 is 0 Å². The van der Waals surface area contributed by atoms with Crippen LogP contribution in [0.2, 0.25) is 5.02 Å². The Kier molecular flexibility index (Phi) is 6.99. The first-order chi connectivity index (χ1) is 17.9. The zero-order chi connectivity index (χ0) is 26.0. The Labute approximate surface area is 217 Å². The SMILES string of the molecule is O=C(NCc1ccco1)[C@@H]1COC2(CCN(C(=O)c3cccc(Cl)c3)CC2)N1C(=O)c1ccc(F)cc1. The van der Waals surface area contributed by atoms with E-state index in [4.69, 9.17) is 20.8 Å². The minimum atomic E-state index is -1.08. The molecule has 2 saturated heterocycles. The van der Waals surface area contributed by atoms with Crippen LogP contribution < -0.4 is 5.32 Å². The van der Waals surface area contributed by atoms with Crippen molar-refractivity contribution in [3.63, 3.8) is 0 Å². The fraction of sp³-hybridized carbons (Fsp3) is 0.296. The van der Waals surface area contributed by atoms with Gasteiger partial charge in [0.15, 0.2) is 0 Å². The van der Waals surface area contributed by atoms with Crippen LogP contribution in [0.1, 0.15) is 39.3 Å². The molecule has 2 aromatic carbocycles. The Morgan fingerprint density at radius 2 is 1.76 bits per heavy atom. The number of rotatable bonds is 5. The molecule has 3 aromatic rings. The summed E-state index contributed by atoms with van der Waals surface area (Å²) in [7, 11) is 0. The minimum Gasteiger partial charge on any atom is -0.467 e. The summed E-state index contributed by atoms with van der Waals surface area (Å²) in [6.07, 6.45) is 2.14. The molecular weight excluding hydrogens is 501 g/mol. The number of nitrogens with one attached hydrogen (secondary N) is 1. The van der Waals surface area contributed by atoms with E-state index in [0.29, 0.717) is 42.3 Å². The summed E-state index contributed by atoms with van der Waals surface area (Å²) < 4.78 is 25.0. The van der Waals surface area contributed by atoms with Gasteiger partial charge in [0.1, 0.15) is 23.3 Å². The molecule has 0 bridgehead atoms. The van der Waals surface area contributed by atoms with Gasteiger partial charge in [-0.25, -0.2) is 4.39 Å². The molecule has 2 fully saturated rings. The van der Waals surface area contributed by atoms with Crippen LogP contribution in [-0.2, 0) is 16.1 Å². The van der Waals surface area contributed by atoms with E-state index in [-0.39, 0.29) is 30.5 Å². The van der Waals surface area contributed by atoms with Gasteiger partial charge >= 0.3 is 0 Å². The first-order valence-electron chi connectivity index (χ1n) is 11.9. The molecule has 1 atom stereocenters. The van der Waals surface area contributed by atoms with Crippen LogP contribution >= 0.6 is 11.6 Å². The van der Waals surface area contributed by atoms with Crippen LogP contribution in [0.3, 0.4) is 0 Å². The van der Waals surface area contributed by atoms with Crippen molar-refractivity contribution in [1.82, 2.24) is 15.1 Å². The molecule has 0 radical (unpaired) electrons. The molecule has 37 heavy (non-hydrogen) atoms. The van der Waals surface area contributed by atoms with Crippen LogP contribution in [0.5, 0.6) is 0 Å². The molecule has 5 rings (SSSR count). The Balaban J connectivity index is 1.36. The molecule has 0 saturated carbocycles. The normalized spacial score (nSPS) is 18.7. The number of benzene rings is 2. The topological polar surface area (TPSA) is 92.1 Å². The second-order valence-corrected chi connectivity index (χ2v) is 9.49. The number of likely N-dealkylation sites (tertiary alicyclic amines) is 1. The number of furan rings is 1. The monoisotopic (exact) mass is 525 g/mol. The number of amides is 3. The van der Waals surface area contributed by atoms with Crippen molar-refractivity contribution >= 4 is 29.3 Å². The summed E-state index contributed by atoms with van der Waals surface area (Å²) in [6.45, 7) is 0.799. The lowest BCUT2D eigenvalue weighted by molar-refractivity contribution is -0.128. The zero-order valence-corrected chi connectivity index (χ0v) is 20.6. The molecule has 2 aliphatic heterocycles. The van der Waals surface area contributed by atoms with Gasteiger partial charge in [0.05, 0.1) is 19.4 Å². The highest BCUT2D eigenvalue weighted by Gasteiger charge is 2.54. The van der Waals surface area contributed by atoms with Gasteiger partial charge in [-0.15, -0.1) is 0 Å². The highest BCUT2D eigenvalue weighted by atomic mass is 35.5. The second-order valence-electron chi connectivity index (χ2n) is 9.05. The van der Waals surface area contributed by atoms with Gasteiger partial charge in [-0.05, 0) is 54.6 Å². The van der Waals surface area contributed by atoms with E-state index in [2.05, 4.69) is 5.32 Å². The molecule has 1 spiro atoms. The number of ether oxygens (including phenoxy) is 1. The van der Waals surface area contributed by atoms with Gasteiger partial charge in [-0.3, -0.25) is 19.3 Å². The quantitative estimate of drug-likeness (QED) is 0.546. The summed E-state index contributed by atoms with van der Waals surface area (Å²) >= 11 is 6.05. The third-order valence-corrected chi connectivity index (χ3v) is 7.03. The van der Waals surface area contributed by atoms with Gasteiger partial charge in [-0.2, -0.15) is 0 Å². The maximum atomic E-state index is 13.7. The number of halogens is 2. The average Bonchev–Trinajstić information content (AvgIpc) is 3.56. The van der Waals surface area contributed by atoms with Gasteiger partial charge < -0.3 is 19.4 Å². The average molecular weight is 526 g/mol. The number of carbonyl (C=O) groups is 3. The molecule has 8 nitrogen and oxygen atoms in total. The molecule has 2 aliphatic rings. The molecule has 192 valence electrons. The summed E-state index contributed by atoms with van der Waals surface area (Å²) in [4.78, 5) is 43.1. The Bertz CT molecular complexity index is 1290. The summed E-state index contributed by atoms with van der Waals surface area (Å²) in [5.41, 5.74) is -0.360. The van der Waals surface area contributed by atoms with Crippen molar-refractivity contribution in [2.24, 2.45) is 0 Å². The van der Waals surface area contributed by atoms with E-state index in [1.807, 2.05) is 0 Å². The van der Waals surface area contributed by atoms with Crippen LogP contribution in [0.25, 0.3) is 0 Å². The van der Waals surface area contributed by atoms with E-state index < -0.39 is 23.5 Å². The molecule has 10 heteroatoms. The lowest BCUT2D eigenvalue weighted by Crippen LogP contribution is -2.59. The number of hydrogen-bond acceptors (Lipinski definition) is 5. The van der Waals surface area contributed by atoms with Crippen molar-refractivity contribution in [3.8, 4) is 0 Å². The summed E-state index contributed by atoms with van der Waals surface area (Å²) in [5.74, 6) is -0.887. The smallest absolute Gasteiger partial charge is 0.256 e. The number of carbonyl (C=O) groups excluding carboxylic acids is 3. The summed E-state index contributed by atoms with van der Waals surface area (Å²) in [5, 5.41) is 3.27. The van der Waals surface area contributed by atoms with Gasteiger partial charge in [0.2, 0.25) is 5.91 Å². The van der Waals surface area contributed by atoms with E-state index in [1.165, 1.54) is 35.4 Å². The first kappa shape index (κ1) is 25.0. The predicted molar refractivity (Wildman–Crippen MR) is 132 cm³/mol. The minimum absolute atomic E-state index is 0.000831. The molecule has 3 amide bonds. The Morgan fingerprint density at radius 3 is 2.43 bits per heavy atom. The predicted octanol–water partition coefficient (Wildman–Crippen LogP) is 3.86. The maximum absolute atomic E-state index is 13.7. The highest BCUT2D eigenvalue weighted by Crippen LogP contribution is 2.39. The molecule has 0 aliphatic carbocycles. The van der Waals surface area contributed by atoms with Gasteiger partial charge in [-0.1, -0.05) is 17.7 Å². The maximum Gasteiger partial charge on any atom is 0.256 e. The molecule has 1 aromatic heterocycles. The van der Waals surface area contributed by atoms with E-state index in [1.54, 1.807) is 41.3 Å². The van der Waals surface area contributed by atoms with Crippen LogP contribution in [0.4, 0.5) is 4.39 Å². The van der Waals surface area contributed by atoms with E-state index in [0.717, 1.165) is 0 Å². The van der Waals surface area contributed by atoms with E-state index in [9.17, 15) is 18.8 Å². The third kappa shape index (κ3) is 5.10.